The molecule has 29 heavy (non-hydrogen) atoms. The number of thiazole rings is 1. The van der Waals surface area contributed by atoms with Crippen LogP contribution in [0.15, 0.2) is 41.2 Å². The first-order chi connectivity index (χ1) is 14.1. The lowest BCUT2D eigenvalue weighted by molar-refractivity contribution is 0.0983. The van der Waals surface area contributed by atoms with E-state index in [-0.39, 0.29) is 18.2 Å². The Balaban J connectivity index is 1.60. The summed E-state index contributed by atoms with van der Waals surface area (Å²) in [6.45, 7) is 0.641. The van der Waals surface area contributed by atoms with Crippen LogP contribution in [0.4, 0.5) is 14.5 Å². The average Bonchev–Trinajstić information content (AvgIpc) is 3.24. The standard InChI is InChI=1S/C21H18F2N2O3S/c1-27-19-8-14(4-5-18(19)28-10-16-11-29-12-24-16)21(26)25-6-2-3-13-7-15(22)9-17(23)20(13)25/h4-5,7-9,11-12H,2-3,6,10H2,1H3. The average molecular weight is 416 g/mol. The number of anilines is 1. The van der Waals surface area contributed by atoms with E-state index < -0.39 is 11.6 Å². The van der Waals surface area contributed by atoms with E-state index in [0.717, 1.165) is 11.8 Å². The van der Waals surface area contributed by atoms with Gasteiger partial charge in [-0.05, 0) is 42.7 Å². The van der Waals surface area contributed by atoms with Gasteiger partial charge in [0.1, 0.15) is 18.2 Å². The van der Waals surface area contributed by atoms with Crippen LogP contribution in [0.2, 0.25) is 0 Å². The van der Waals surface area contributed by atoms with Crippen molar-refractivity contribution in [1.82, 2.24) is 4.98 Å². The predicted octanol–water partition coefficient (Wildman–Crippen LogP) is 4.60. The number of benzene rings is 2. The van der Waals surface area contributed by atoms with Gasteiger partial charge in [0.05, 0.1) is 24.0 Å². The van der Waals surface area contributed by atoms with Gasteiger partial charge in [0.15, 0.2) is 11.5 Å². The summed E-state index contributed by atoms with van der Waals surface area (Å²) in [5, 5.41) is 1.88. The smallest absolute Gasteiger partial charge is 0.258 e. The third-order valence-corrected chi connectivity index (χ3v) is 5.35. The molecular weight excluding hydrogens is 398 g/mol. The number of amides is 1. The van der Waals surface area contributed by atoms with Gasteiger partial charge in [0.2, 0.25) is 0 Å². The number of fused-ring (bicyclic) bond motifs is 1. The van der Waals surface area contributed by atoms with Gasteiger partial charge in [-0.25, -0.2) is 13.8 Å². The van der Waals surface area contributed by atoms with E-state index in [9.17, 15) is 13.6 Å². The van der Waals surface area contributed by atoms with Crippen molar-refractivity contribution in [2.24, 2.45) is 0 Å². The van der Waals surface area contributed by atoms with Gasteiger partial charge in [-0.15, -0.1) is 11.3 Å². The van der Waals surface area contributed by atoms with Crippen molar-refractivity contribution in [2.45, 2.75) is 19.4 Å². The predicted molar refractivity (Wildman–Crippen MR) is 106 cm³/mol. The molecule has 0 fully saturated rings. The van der Waals surface area contributed by atoms with Crippen LogP contribution in [-0.2, 0) is 13.0 Å². The molecule has 0 saturated carbocycles. The fraction of sp³-hybridized carbons (Fsp3) is 0.238. The van der Waals surface area contributed by atoms with E-state index in [0.29, 0.717) is 42.0 Å². The summed E-state index contributed by atoms with van der Waals surface area (Å²) in [6.07, 6.45) is 1.16. The Kier molecular flexibility index (Phi) is 5.44. The van der Waals surface area contributed by atoms with Gasteiger partial charge in [0, 0.05) is 23.6 Å². The van der Waals surface area contributed by atoms with Gasteiger partial charge in [-0.2, -0.15) is 0 Å². The fourth-order valence-corrected chi connectivity index (χ4v) is 3.93. The van der Waals surface area contributed by atoms with Gasteiger partial charge >= 0.3 is 0 Å². The summed E-state index contributed by atoms with van der Waals surface area (Å²) in [5.74, 6) is -0.880. The lowest BCUT2D eigenvalue weighted by Crippen LogP contribution is -2.36. The summed E-state index contributed by atoms with van der Waals surface area (Å²) in [7, 11) is 1.48. The van der Waals surface area contributed by atoms with Crippen LogP contribution < -0.4 is 14.4 Å². The molecule has 0 N–H and O–H groups in total. The fourth-order valence-electron chi connectivity index (χ4n) is 3.39. The monoisotopic (exact) mass is 416 g/mol. The van der Waals surface area contributed by atoms with Gasteiger partial charge < -0.3 is 14.4 Å². The summed E-state index contributed by atoms with van der Waals surface area (Å²) in [5.41, 5.74) is 3.49. The Hall–Kier alpha value is -3.00. The maximum Gasteiger partial charge on any atom is 0.258 e. The molecule has 0 unspecified atom stereocenters. The Morgan fingerprint density at radius 1 is 1.24 bits per heavy atom. The normalized spacial score (nSPS) is 13.1. The molecule has 4 rings (SSSR count). The zero-order valence-electron chi connectivity index (χ0n) is 15.7. The van der Waals surface area contributed by atoms with Gasteiger partial charge in [0.25, 0.3) is 5.91 Å². The quantitative estimate of drug-likeness (QED) is 0.610. The second-order valence-electron chi connectivity index (χ2n) is 6.59. The van der Waals surface area contributed by atoms with Crippen LogP contribution in [0.5, 0.6) is 11.5 Å². The molecule has 8 heteroatoms. The first-order valence-electron chi connectivity index (χ1n) is 9.04. The van der Waals surface area contributed by atoms with Crippen LogP contribution in [-0.4, -0.2) is 24.5 Å². The molecule has 1 amide bonds. The van der Waals surface area contributed by atoms with Crippen molar-refractivity contribution in [2.75, 3.05) is 18.6 Å². The van der Waals surface area contributed by atoms with Crippen molar-refractivity contribution < 1.29 is 23.0 Å². The number of nitrogens with zero attached hydrogens (tertiary/aromatic N) is 2. The first kappa shape index (κ1) is 19.3. The number of aromatic nitrogens is 1. The Bertz CT molecular complexity index is 1040. The number of ether oxygens (including phenoxy) is 2. The molecule has 2 aromatic carbocycles. The molecule has 1 aliphatic rings. The number of rotatable bonds is 5. The van der Waals surface area contributed by atoms with Gasteiger partial charge in [-0.3, -0.25) is 4.79 Å². The van der Waals surface area contributed by atoms with Crippen molar-refractivity contribution in [3.8, 4) is 11.5 Å². The van der Waals surface area contributed by atoms with Crippen LogP contribution >= 0.6 is 11.3 Å². The van der Waals surface area contributed by atoms with Crippen LogP contribution in [0, 0.1) is 11.6 Å². The second kappa shape index (κ2) is 8.16. The van der Waals surface area contributed by atoms with Crippen LogP contribution in [0.1, 0.15) is 28.0 Å². The maximum atomic E-state index is 14.4. The number of halogens is 2. The van der Waals surface area contributed by atoms with E-state index in [1.165, 1.54) is 29.4 Å². The van der Waals surface area contributed by atoms with E-state index in [4.69, 9.17) is 9.47 Å². The number of hydrogen-bond donors (Lipinski definition) is 0. The number of aryl methyl sites for hydroxylation is 1. The Morgan fingerprint density at radius 2 is 2.10 bits per heavy atom. The maximum absolute atomic E-state index is 14.4. The highest BCUT2D eigenvalue weighted by Gasteiger charge is 2.28. The lowest BCUT2D eigenvalue weighted by atomic mass is 10.00. The third kappa shape index (κ3) is 3.93. The van der Waals surface area contributed by atoms with Crippen LogP contribution in [0.25, 0.3) is 0 Å². The van der Waals surface area contributed by atoms with E-state index in [1.807, 2.05) is 5.38 Å². The highest BCUT2D eigenvalue weighted by molar-refractivity contribution is 7.07. The molecule has 0 aliphatic carbocycles. The minimum Gasteiger partial charge on any atom is -0.493 e. The third-order valence-electron chi connectivity index (χ3n) is 4.72. The first-order valence-corrected chi connectivity index (χ1v) is 9.99. The zero-order valence-corrected chi connectivity index (χ0v) is 16.5. The lowest BCUT2D eigenvalue weighted by Gasteiger charge is -2.30. The highest BCUT2D eigenvalue weighted by atomic mass is 32.1. The van der Waals surface area contributed by atoms with Crippen molar-refractivity contribution in [3.05, 3.63) is 69.7 Å². The van der Waals surface area contributed by atoms with E-state index >= 15 is 0 Å². The number of methoxy groups -OCH3 is 1. The molecule has 0 saturated heterocycles. The minimum absolute atomic E-state index is 0.144. The van der Waals surface area contributed by atoms with E-state index in [1.54, 1.807) is 23.7 Å². The van der Waals surface area contributed by atoms with Gasteiger partial charge in [-0.1, -0.05) is 0 Å². The SMILES string of the molecule is COc1cc(C(=O)N2CCCc3cc(F)cc(F)c32)ccc1OCc1cscn1. The molecule has 2 heterocycles. The minimum atomic E-state index is -0.733. The number of carbonyl (C=O) groups excluding carboxylic acids is 1. The van der Waals surface area contributed by atoms with Crippen LogP contribution in [0.3, 0.4) is 0 Å². The molecule has 0 radical (unpaired) electrons. The molecular formula is C21H18F2N2O3S. The summed E-state index contributed by atoms with van der Waals surface area (Å²) >= 11 is 1.48. The second-order valence-corrected chi connectivity index (χ2v) is 7.31. The van der Waals surface area contributed by atoms with Crippen molar-refractivity contribution in [1.29, 1.82) is 0 Å². The molecule has 1 aliphatic heterocycles. The molecule has 3 aromatic rings. The molecule has 0 atom stereocenters. The molecule has 5 nitrogen and oxygen atoms in total. The summed E-state index contributed by atoms with van der Waals surface area (Å²) < 4.78 is 39.1. The summed E-state index contributed by atoms with van der Waals surface area (Å²) in [6, 6.07) is 6.91. The molecule has 1 aromatic heterocycles. The van der Waals surface area contributed by atoms with Crippen molar-refractivity contribution >= 4 is 22.9 Å². The summed E-state index contributed by atoms with van der Waals surface area (Å²) in [4.78, 5) is 18.6. The molecule has 0 bridgehead atoms. The Labute approximate surface area is 170 Å². The Morgan fingerprint density at radius 3 is 2.86 bits per heavy atom. The van der Waals surface area contributed by atoms with Crippen molar-refractivity contribution in [3.63, 3.8) is 0 Å². The topological polar surface area (TPSA) is 51.7 Å². The zero-order chi connectivity index (χ0) is 20.4. The van der Waals surface area contributed by atoms with E-state index in [2.05, 4.69) is 4.98 Å². The molecule has 150 valence electrons. The highest BCUT2D eigenvalue weighted by Crippen LogP contribution is 2.34. The number of hydrogen-bond acceptors (Lipinski definition) is 5. The number of carbonyl (C=O) groups is 1. The molecule has 0 spiro atoms. The largest absolute Gasteiger partial charge is 0.493 e.